The molecule has 2 aliphatic carbocycles. The highest BCUT2D eigenvalue weighted by atomic mass is 127. The summed E-state index contributed by atoms with van der Waals surface area (Å²) < 4.78 is 6.02. The lowest BCUT2D eigenvalue weighted by Crippen LogP contribution is -2.41. The van der Waals surface area contributed by atoms with Crippen molar-refractivity contribution in [1.29, 1.82) is 0 Å². The van der Waals surface area contributed by atoms with Crippen molar-refractivity contribution < 1.29 is 4.74 Å². The Morgan fingerprint density at radius 1 is 1.12 bits per heavy atom. The molecule has 3 rings (SSSR count). The summed E-state index contributed by atoms with van der Waals surface area (Å²) in [6.07, 6.45) is 14.6. The number of ether oxygens (including phenoxy) is 1. The van der Waals surface area contributed by atoms with E-state index >= 15 is 0 Å². The van der Waals surface area contributed by atoms with Gasteiger partial charge in [-0.2, -0.15) is 0 Å². The van der Waals surface area contributed by atoms with Crippen molar-refractivity contribution in [2.45, 2.75) is 82.9 Å². The van der Waals surface area contributed by atoms with Crippen LogP contribution < -0.4 is 15.8 Å². The van der Waals surface area contributed by atoms with Crippen LogP contribution in [0.3, 0.4) is 0 Å². The van der Waals surface area contributed by atoms with Crippen LogP contribution in [0.5, 0.6) is 5.88 Å². The minimum Gasteiger partial charge on any atom is -0.474 e. The van der Waals surface area contributed by atoms with Crippen molar-refractivity contribution >= 4 is 29.9 Å². The van der Waals surface area contributed by atoms with Crippen molar-refractivity contribution in [3.63, 3.8) is 0 Å². The molecule has 25 heavy (non-hydrogen) atoms. The lowest BCUT2D eigenvalue weighted by atomic mass is 9.96. The van der Waals surface area contributed by atoms with Crippen LogP contribution >= 0.6 is 24.0 Å². The van der Waals surface area contributed by atoms with E-state index in [4.69, 9.17) is 10.5 Å². The normalized spacial score (nSPS) is 19.9. The van der Waals surface area contributed by atoms with Gasteiger partial charge in [0.25, 0.3) is 0 Å². The number of rotatable bonds is 5. The zero-order chi connectivity index (χ0) is 16.6. The SMILES string of the molecule is I.NC(=NCc1ccnc(OC2CCCCC2)c1)NC1CCCCC1. The minimum absolute atomic E-state index is 0. The number of nitrogens with one attached hydrogen (secondary N) is 1. The Balaban J connectivity index is 0.00000225. The Morgan fingerprint density at radius 3 is 2.52 bits per heavy atom. The van der Waals surface area contributed by atoms with Crippen LogP contribution in [-0.2, 0) is 6.54 Å². The first kappa shape index (κ1) is 20.3. The summed E-state index contributed by atoms with van der Waals surface area (Å²) in [5.41, 5.74) is 7.12. The molecule has 0 bridgehead atoms. The molecule has 0 unspecified atom stereocenters. The number of aromatic nitrogens is 1. The monoisotopic (exact) mass is 458 g/mol. The van der Waals surface area contributed by atoms with Crippen LogP contribution in [0, 0.1) is 0 Å². The number of pyridine rings is 1. The minimum atomic E-state index is 0. The van der Waals surface area contributed by atoms with Crippen LogP contribution in [0.2, 0.25) is 0 Å². The van der Waals surface area contributed by atoms with Crippen molar-refractivity contribution in [3.8, 4) is 5.88 Å². The molecule has 0 spiro atoms. The number of aliphatic imine (C=N–C) groups is 1. The Bertz CT molecular complexity index is 540. The summed E-state index contributed by atoms with van der Waals surface area (Å²) in [6, 6.07) is 4.46. The molecule has 3 N–H and O–H groups in total. The van der Waals surface area contributed by atoms with Gasteiger partial charge in [0.1, 0.15) is 6.10 Å². The number of halogens is 1. The molecule has 6 heteroatoms. The first-order valence-electron chi connectivity index (χ1n) is 9.47. The molecular formula is C19H31IN4O. The Hall–Kier alpha value is -1.05. The predicted octanol–water partition coefficient (Wildman–Crippen LogP) is 4.15. The first-order chi connectivity index (χ1) is 11.8. The molecule has 0 aromatic carbocycles. The Labute approximate surface area is 168 Å². The van der Waals surface area contributed by atoms with Crippen molar-refractivity contribution in [1.82, 2.24) is 10.3 Å². The molecule has 0 saturated heterocycles. The summed E-state index contributed by atoms with van der Waals surface area (Å²) in [5, 5.41) is 3.35. The van der Waals surface area contributed by atoms with Crippen molar-refractivity contribution in [2.75, 3.05) is 0 Å². The van der Waals surface area contributed by atoms with Crippen LogP contribution in [0.1, 0.15) is 69.8 Å². The summed E-state index contributed by atoms with van der Waals surface area (Å²) in [4.78, 5) is 8.81. The van der Waals surface area contributed by atoms with Gasteiger partial charge in [-0.3, -0.25) is 0 Å². The third-order valence-corrected chi connectivity index (χ3v) is 5.03. The Morgan fingerprint density at radius 2 is 1.80 bits per heavy atom. The third-order valence-electron chi connectivity index (χ3n) is 5.03. The van der Waals surface area contributed by atoms with E-state index < -0.39 is 0 Å². The first-order valence-corrected chi connectivity index (χ1v) is 9.47. The second-order valence-corrected chi connectivity index (χ2v) is 7.06. The Kier molecular flexibility index (Phi) is 8.78. The third kappa shape index (κ3) is 6.99. The van der Waals surface area contributed by atoms with Crippen LogP contribution in [0.15, 0.2) is 23.3 Å². The molecule has 1 aromatic heterocycles. The number of nitrogens with two attached hydrogens (primary N) is 1. The fourth-order valence-corrected chi connectivity index (χ4v) is 3.65. The zero-order valence-electron chi connectivity index (χ0n) is 15.0. The van der Waals surface area contributed by atoms with E-state index in [1.807, 2.05) is 12.1 Å². The van der Waals surface area contributed by atoms with Gasteiger partial charge in [0.15, 0.2) is 5.96 Å². The predicted molar refractivity (Wildman–Crippen MR) is 112 cm³/mol. The molecule has 2 fully saturated rings. The number of hydrogen-bond acceptors (Lipinski definition) is 3. The van der Waals surface area contributed by atoms with Crippen LogP contribution in [-0.4, -0.2) is 23.1 Å². The fourth-order valence-electron chi connectivity index (χ4n) is 3.65. The lowest BCUT2D eigenvalue weighted by Gasteiger charge is -2.23. The number of nitrogens with zero attached hydrogens (tertiary/aromatic N) is 2. The van der Waals surface area contributed by atoms with Crippen molar-refractivity contribution in [2.24, 2.45) is 10.7 Å². The van der Waals surface area contributed by atoms with Gasteiger partial charge in [0, 0.05) is 18.3 Å². The highest BCUT2D eigenvalue weighted by molar-refractivity contribution is 14.0. The average molecular weight is 458 g/mol. The summed E-state index contributed by atoms with van der Waals surface area (Å²) in [6.45, 7) is 0.565. The second kappa shape index (κ2) is 10.8. The molecule has 2 aliphatic rings. The van der Waals surface area contributed by atoms with E-state index in [2.05, 4.69) is 15.3 Å². The van der Waals surface area contributed by atoms with Gasteiger partial charge in [-0.1, -0.05) is 25.7 Å². The summed E-state index contributed by atoms with van der Waals surface area (Å²) >= 11 is 0. The molecule has 1 heterocycles. The zero-order valence-corrected chi connectivity index (χ0v) is 17.3. The largest absolute Gasteiger partial charge is 0.474 e. The molecule has 5 nitrogen and oxygen atoms in total. The molecule has 0 aliphatic heterocycles. The molecule has 1 aromatic rings. The molecule has 0 atom stereocenters. The van der Waals surface area contributed by atoms with Gasteiger partial charge in [-0.15, -0.1) is 24.0 Å². The van der Waals surface area contributed by atoms with Crippen molar-refractivity contribution in [3.05, 3.63) is 23.9 Å². The van der Waals surface area contributed by atoms with Gasteiger partial charge < -0.3 is 15.8 Å². The van der Waals surface area contributed by atoms with E-state index in [1.54, 1.807) is 6.20 Å². The van der Waals surface area contributed by atoms with Crippen LogP contribution in [0.4, 0.5) is 0 Å². The van der Waals surface area contributed by atoms with Gasteiger partial charge in [-0.25, -0.2) is 9.98 Å². The standard InChI is InChI=1S/C19H30N4O.HI/c20-19(23-16-7-3-1-4-8-16)22-14-15-11-12-21-18(13-15)24-17-9-5-2-6-10-17;/h11-13,16-17H,1-10,14H2,(H3,20,22,23);1H. The smallest absolute Gasteiger partial charge is 0.213 e. The highest BCUT2D eigenvalue weighted by Gasteiger charge is 2.15. The molecule has 2 saturated carbocycles. The van der Waals surface area contributed by atoms with E-state index in [0.717, 1.165) is 18.4 Å². The maximum atomic E-state index is 6.03. The summed E-state index contributed by atoms with van der Waals surface area (Å²) in [7, 11) is 0. The van der Waals surface area contributed by atoms with E-state index in [9.17, 15) is 0 Å². The number of hydrogen-bond donors (Lipinski definition) is 2. The molecular weight excluding hydrogens is 427 g/mol. The van der Waals surface area contributed by atoms with Gasteiger partial charge in [0.2, 0.25) is 5.88 Å². The topological polar surface area (TPSA) is 72.5 Å². The highest BCUT2D eigenvalue weighted by Crippen LogP contribution is 2.22. The van der Waals surface area contributed by atoms with Gasteiger partial charge >= 0.3 is 0 Å². The quantitative estimate of drug-likeness (QED) is 0.395. The maximum Gasteiger partial charge on any atom is 0.213 e. The lowest BCUT2D eigenvalue weighted by molar-refractivity contribution is 0.148. The van der Waals surface area contributed by atoms with Crippen LogP contribution in [0.25, 0.3) is 0 Å². The second-order valence-electron chi connectivity index (χ2n) is 7.06. The molecule has 0 radical (unpaired) electrons. The molecule has 0 amide bonds. The molecule has 140 valence electrons. The summed E-state index contributed by atoms with van der Waals surface area (Å²) in [5.74, 6) is 1.27. The average Bonchev–Trinajstić information content (AvgIpc) is 2.62. The van der Waals surface area contributed by atoms with Gasteiger partial charge in [0.05, 0.1) is 6.54 Å². The van der Waals surface area contributed by atoms with Gasteiger partial charge in [-0.05, 0) is 50.2 Å². The maximum absolute atomic E-state index is 6.03. The van der Waals surface area contributed by atoms with E-state index in [-0.39, 0.29) is 24.0 Å². The van der Waals surface area contributed by atoms with E-state index in [1.165, 1.54) is 51.4 Å². The number of guanidine groups is 1. The van der Waals surface area contributed by atoms with E-state index in [0.29, 0.717) is 30.5 Å². The fraction of sp³-hybridized carbons (Fsp3) is 0.684.